The lowest BCUT2D eigenvalue weighted by Gasteiger charge is -2.12. The van der Waals surface area contributed by atoms with Crippen LogP contribution in [0.25, 0.3) is 11.0 Å². The average molecular weight is 434 g/mol. The zero-order valence-corrected chi connectivity index (χ0v) is 17.7. The van der Waals surface area contributed by atoms with E-state index in [9.17, 15) is 4.79 Å². The maximum atomic E-state index is 11.8. The lowest BCUT2D eigenvalue weighted by atomic mass is 10.2. The number of imidazole rings is 1. The van der Waals surface area contributed by atoms with Gasteiger partial charge in [0.2, 0.25) is 5.95 Å². The maximum absolute atomic E-state index is 11.8. The number of benzene rings is 2. The Bertz CT molecular complexity index is 1290. The summed E-state index contributed by atoms with van der Waals surface area (Å²) in [7, 11) is 4.99. The summed E-state index contributed by atoms with van der Waals surface area (Å²) >= 11 is 0. The summed E-state index contributed by atoms with van der Waals surface area (Å²) in [6.07, 6.45) is 1.52. The van der Waals surface area contributed by atoms with Gasteiger partial charge < -0.3 is 24.7 Å². The molecule has 2 aromatic carbocycles. The van der Waals surface area contributed by atoms with Gasteiger partial charge in [0, 0.05) is 38.5 Å². The lowest BCUT2D eigenvalue weighted by molar-refractivity contribution is 0.0958. The Kier molecular flexibility index (Phi) is 5.77. The van der Waals surface area contributed by atoms with Crippen molar-refractivity contribution in [2.24, 2.45) is 7.05 Å². The van der Waals surface area contributed by atoms with Gasteiger partial charge in [-0.2, -0.15) is 0 Å². The summed E-state index contributed by atoms with van der Waals surface area (Å²) in [6, 6.07) is 14.0. The van der Waals surface area contributed by atoms with Crippen LogP contribution in [0.4, 0.5) is 17.3 Å². The van der Waals surface area contributed by atoms with Crippen molar-refractivity contribution in [1.29, 1.82) is 0 Å². The number of ether oxygens (including phenoxy) is 2. The smallest absolute Gasteiger partial charge is 0.269 e. The van der Waals surface area contributed by atoms with Crippen molar-refractivity contribution < 1.29 is 19.5 Å². The molecule has 0 radical (unpaired) electrons. The van der Waals surface area contributed by atoms with Crippen LogP contribution < -0.4 is 25.6 Å². The van der Waals surface area contributed by atoms with Crippen molar-refractivity contribution in [2.45, 2.75) is 0 Å². The van der Waals surface area contributed by atoms with Crippen LogP contribution in [0.5, 0.6) is 17.2 Å². The number of rotatable bonds is 7. The van der Waals surface area contributed by atoms with Crippen LogP contribution in [0, 0.1) is 0 Å². The number of carbonyl (C=O) groups excluding carboxylic acids is 1. The number of nitrogens with zero attached hydrogens (tertiary/aromatic N) is 3. The first-order chi connectivity index (χ1) is 15.5. The number of hydrogen-bond donors (Lipinski definition) is 4. The molecule has 2 aromatic heterocycles. The minimum absolute atomic E-state index is 0.270. The van der Waals surface area contributed by atoms with Gasteiger partial charge in [-0.05, 0) is 30.3 Å². The van der Waals surface area contributed by atoms with Gasteiger partial charge in [-0.1, -0.05) is 0 Å². The molecule has 0 aliphatic heterocycles. The summed E-state index contributed by atoms with van der Waals surface area (Å²) in [5.41, 5.74) is 5.19. The Labute approximate surface area is 183 Å². The fourth-order valence-electron chi connectivity index (χ4n) is 3.20. The molecule has 0 aliphatic rings. The van der Waals surface area contributed by atoms with E-state index in [4.69, 9.17) is 14.7 Å². The first-order valence-corrected chi connectivity index (χ1v) is 9.70. The monoisotopic (exact) mass is 434 g/mol. The zero-order chi connectivity index (χ0) is 22.7. The SMILES string of the molecule is CNC(=O)c1cc(Oc2ccc3c(c2)nc(Nc2ccc(NO)cc2OC)n3C)ccn1. The largest absolute Gasteiger partial charge is 0.494 e. The van der Waals surface area contributed by atoms with Crippen LogP contribution in [0.2, 0.25) is 0 Å². The van der Waals surface area contributed by atoms with Gasteiger partial charge in [0.25, 0.3) is 5.91 Å². The molecule has 0 saturated heterocycles. The van der Waals surface area contributed by atoms with Gasteiger partial charge in [-0.3, -0.25) is 20.5 Å². The number of carbonyl (C=O) groups is 1. The number of nitrogens with one attached hydrogen (secondary N) is 3. The van der Waals surface area contributed by atoms with Crippen LogP contribution in [0.1, 0.15) is 10.5 Å². The average Bonchev–Trinajstić information content (AvgIpc) is 3.13. The van der Waals surface area contributed by atoms with Crippen LogP contribution in [-0.2, 0) is 7.05 Å². The minimum Gasteiger partial charge on any atom is -0.494 e. The van der Waals surface area contributed by atoms with Gasteiger partial charge in [0.15, 0.2) is 0 Å². The summed E-state index contributed by atoms with van der Waals surface area (Å²) in [6.45, 7) is 0. The van der Waals surface area contributed by atoms with E-state index in [1.165, 1.54) is 6.20 Å². The van der Waals surface area contributed by atoms with E-state index in [2.05, 4.69) is 26.1 Å². The molecule has 10 nitrogen and oxygen atoms in total. The molecule has 0 aliphatic carbocycles. The van der Waals surface area contributed by atoms with E-state index in [1.807, 2.05) is 29.8 Å². The van der Waals surface area contributed by atoms with Crippen LogP contribution >= 0.6 is 0 Å². The molecule has 2 heterocycles. The molecule has 10 heteroatoms. The van der Waals surface area contributed by atoms with Crippen molar-refractivity contribution in [2.75, 3.05) is 25.0 Å². The molecule has 0 fully saturated rings. The highest BCUT2D eigenvalue weighted by Gasteiger charge is 2.13. The molecule has 164 valence electrons. The third-order valence-electron chi connectivity index (χ3n) is 4.86. The summed E-state index contributed by atoms with van der Waals surface area (Å²) in [5.74, 6) is 1.93. The number of pyridine rings is 1. The number of anilines is 3. The van der Waals surface area contributed by atoms with Crippen LogP contribution in [-0.4, -0.2) is 39.8 Å². The first kappa shape index (κ1) is 20.9. The molecule has 0 saturated carbocycles. The zero-order valence-electron chi connectivity index (χ0n) is 17.7. The Hall–Kier alpha value is -4.31. The highest BCUT2D eigenvalue weighted by Crippen LogP contribution is 2.32. The van der Waals surface area contributed by atoms with E-state index in [0.29, 0.717) is 34.6 Å². The third kappa shape index (κ3) is 4.12. The van der Waals surface area contributed by atoms with Gasteiger partial charge in [-0.25, -0.2) is 4.98 Å². The fourth-order valence-corrected chi connectivity index (χ4v) is 3.20. The van der Waals surface area contributed by atoms with Crippen LogP contribution in [0.3, 0.4) is 0 Å². The third-order valence-corrected chi connectivity index (χ3v) is 4.86. The number of fused-ring (bicyclic) bond motifs is 1. The van der Waals surface area contributed by atoms with Crippen molar-refractivity contribution in [1.82, 2.24) is 19.9 Å². The van der Waals surface area contributed by atoms with Crippen molar-refractivity contribution in [3.63, 3.8) is 0 Å². The number of aryl methyl sites for hydroxylation is 1. The molecule has 0 spiro atoms. The second-order valence-corrected chi connectivity index (χ2v) is 6.85. The summed E-state index contributed by atoms with van der Waals surface area (Å²) < 4.78 is 13.2. The first-order valence-electron chi connectivity index (χ1n) is 9.70. The number of aromatic nitrogens is 3. The van der Waals surface area contributed by atoms with Crippen molar-refractivity contribution in [3.8, 4) is 17.2 Å². The molecule has 4 rings (SSSR count). The minimum atomic E-state index is -0.287. The van der Waals surface area contributed by atoms with E-state index in [-0.39, 0.29) is 11.6 Å². The molecule has 4 N–H and O–H groups in total. The predicted octanol–water partition coefficient (Wildman–Crippen LogP) is 3.67. The van der Waals surface area contributed by atoms with Gasteiger partial charge in [0.1, 0.15) is 22.9 Å². The second kappa shape index (κ2) is 8.82. The summed E-state index contributed by atoms with van der Waals surface area (Å²) in [4.78, 5) is 20.5. The molecule has 4 aromatic rings. The summed E-state index contributed by atoms with van der Waals surface area (Å²) in [5, 5.41) is 14.9. The standard InChI is InChI=1S/C22H22N6O4/c1-23-21(29)18-12-15(8-9-24-18)32-14-5-7-19-17(11-14)26-22(28(19)2)25-16-6-4-13(27-30)10-20(16)31-3/h4-12,27,30H,1-3H3,(H,23,29)(H,25,26). The number of amides is 1. The van der Waals surface area contributed by atoms with E-state index in [0.717, 1.165) is 11.0 Å². The fraction of sp³-hybridized carbons (Fsp3) is 0.136. The lowest BCUT2D eigenvalue weighted by Crippen LogP contribution is -2.18. The Morgan fingerprint density at radius 1 is 1.09 bits per heavy atom. The Morgan fingerprint density at radius 3 is 2.66 bits per heavy atom. The van der Waals surface area contributed by atoms with Gasteiger partial charge in [-0.15, -0.1) is 0 Å². The molecular formula is C22H22N6O4. The van der Waals surface area contributed by atoms with Gasteiger partial charge >= 0.3 is 0 Å². The van der Waals surface area contributed by atoms with Crippen LogP contribution in [0.15, 0.2) is 54.7 Å². The van der Waals surface area contributed by atoms with Crippen molar-refractivity contribution in [3.05, 3.63) is 60.4 Å². The predicted molar refractivity (Wildman–Crippen MR) is 120 cm³/mol. The highest BCUT2D eigenvalue weighted by molar-refractivity contribution is 5.92. The molecule has 32 heavy (non-hydrogen) atoms. The molecule has 1 amide bonds. The van der Waals surface area contributed by atoms with E-state index < -0.39 is 0 Å². The molecule has 0 unspecified atom stereocenters. The topological polar surface area (TPSA) is 123 Å². The highest BCUT2D eigenvalue weighted by atomic mass is 16.5. The molecule has 0 atom stereocenters. The quantitative estimate of drug-likeness (QED) is 0.325. The molecular weight excluding hydrogens is 412 g/mol. The number of methoxy groups -OCH3 is 1. The number of hydrogen-bond acceptors (Lipinski definition) is 8. The molecule has 0 bridgehead atoms. The van der Waals surface area contributed by atoms with E-state index in [1.54, 1.807) is 44.5 Å². The second-order valence-electron chi connectivity index (χ2n) is 6.85. The Morgan fingerprint density at radius 2 is 1.91 bits per heavy atom. The Balaban J connectivity index is 1.61. The van der Waals surface area contributed by atoms with E-state index >= 15 is 0 Å². The van der Waals surface area contributed by atoms with Gasteiger partial charge in [0.05, 0.1) is 29.5 Å². The maximum Gasteiger partial charge on any atom is 0.269 e. The normalized spacial score (nSPS) is 10.6. The van der Waals surface area contributed by atoms with Crippen molar-refractivity contribution >= 4 is 34.3 Å².